The number of hydrogen-bond acceptors (Lipinski definition) is 3. The first-order valence-corrected chi connectivity index (χ1v) is 6.27. The van der Waals surface area contributed by atoms with Crippen molar-refractivity contribution in [3.8, 4) is 5.75 Å². The molecular formula is C15H17FN2O. The Bertz CT molecular complexity index is 555. The number of nitrogens with one attached hydrogen (secondary N) is 1. The van der Waals surface area contributed by atoms with Crippen molar-refractivity contribution in [1.29, 1.82) is 0 Å². The van der Waals surface area contributed by atoms with E-state index in [0.29, 0.717) is 0 Å². The first-order chi connectivity index (χ1) is 9.10. The second kappa shape index (κ2) is 5.69. The van der Waals surface area contributed by atoms with Gasteiger partial charge in [0, 0.05) is 5.69 Å². The van der Waals surface area contributed by atoms with Crippen LogP contribution < -0.4 is 5.32 Å². The van der Waals surface area contributed by atoms with Gasteiger partial charge in [-0.25, -0.2) is 4.39 Å². The molecule has 0 radical (unpaired) electrons. The minimum Gasteiger partial charge on any atom is -0.508 e. The molecule has 100 valence electrons. The molecule has 0 aliphatic heterocycles. The van der Waals surface area contributed by atoms with Crippen LogP contribution in [0.2, 0.25) is 0 Å². The van der Waals surface area contributed by atoms with Gasteiger partial charge >= 0.3 is 0 Å². The number of benzene rings is 1. The van der Waals surface area contributed by atoms with Crippen LogP contribution in [-0.2, 0) is 0 Å². The van der Waals surface area contributed by atoms with Crippen LogP contribution in [0.25, 0.3) is 0 Å². The van der Waals surface area contributed by atoms with Crippen LogP contribution in [-0.4, -0.2) is 10.1 Å². The quantitative estimate of drug-likeness (QED) is 0.822. The third kappa shape index (κ3) is 3.22. The zero-order valence-corrected chi connectivity index (χ0v) is 11.0. The predicted octanol–water partition coefficient (Wildman–Crippen LogP) is 3.80. The lowest BCUT2D eigenvalue weighted by atomic mass is 10.1. The molecule has 0 amide bonds. The largest absolute Gasteiger partial charge is 0.508 e. The summed E-state index contributed by atoms with van der Waals surface area (Å²) < 4.78 is 12.9. The van der Waals surface area contributed by atoms with E-state index in [1.165, 1.54) is 12.3 Å². The number of pyridine rings is 1. The second-order valence-corrected chi connectivity index (χ2v) is 4.51. The summed E-state index contributed by atoms with van der Waals surface area (Å²) in [5, 5.41) is 12.8. The van der Waals surface area contributed by atoms with Gasteiger partial charge in [0.2, 0.25) is 0 Å². The summed E-state index contributed by atoms with van der Waals surface area (Å²) in [5.74, 6) is -0.0876. The highest BCUT2D eigenvalue weighted by Gasteiger charge is 2.12. The van der Waals surface area contributed by atoms with Crippen LogP contribution in [0.5, 0.6) is 5.75 Å². The SMILES string of the molecule is CCC(Nc1ccc(O)cc1C)c1ccc(F)cn1. The zero-order valence-electron chi connectivity index (χ0n) is 11.0. The van der Waals surface area contributed by atoms with Crippen LogP contribution in [0, 0.1) is 12.7 Å². The van der Waals surface area contributed by atoms with Crippen molar-refractivity contribution in [2.45, 2.75) is 26.3 Å². The average molecular weight is 260 g/mol. The number of nitrogens with zero attached hydrogens (tertiary/aromatic N) is 1. The maximum absolute atomic E-state index is 12.9. The van der Waals surface area contributed by atoms with Crippen molar-refractivity contribution >= 4 is 5.69 Å². The van der Waals surface area contributed by atoms with E-state index < -0.39 is 0 Å². The molecule has 0 spiro atoms. The molecule has 1 unspecified atom stereocenters. The Labute approximate surface area is 112 Å². The fourth-order valence-corrected chi connectivity index (χ4v) is 1.98. The lowest BCUT2D eigenvalue weighted by Crippen LogP contribution is -2.12. The smallest absolute Gasteiger partial charge is 0.141 e. The molecule has 0 aliphatic carbocycles. The van der Waals surface area contributed by atoms with Crippen molar-refractivity contribution in [3.05, 3.63) is 53.6 Å². The fourth-order valence-electron chi connectivity index (χ4n) is 1.98. The number of phenols is 1. The van der Waals surface area contributed by atoms with Gasteiger partial charge in [-0.3, -0.25) is 4.98 Å². The maximum Gasteiger partial charge on any atom is 0.141 e. The van der Waals surface area contributed by atoms with Gasteiger partial charge < -0.3 is 10.4 Å². The monoisotopic (exact) mass is 260 g/mol. The Morgan fingerprint density at radius 1 is 1.32 bits per heavy atom. The summed E-state index contributed by atoms with van der Waals surface area (Å²) in [6.07, 6.45) is 2.06. The van der Waals surface area contributed by atoms with Crippen LogP contribution >= 0.6 is 0 Å². The first-order valence-electron chi connectivity index (χ1n) is 6.27. The summed E-state index contributed by atoms with van der Waals surface area (Å²) >= 11 is 0. The lowest BCUT2D eigenvalue weighted by Gasteiger charge is -2.19. The fraction of sp³-hybridized carbons (Fsp3) is 0.267. The third-order valence-electron chi connectivity index (χ3n) is 3.06. The number of aryl methyl sites for hydroxylation is 1. The molecule has 0 saturated carbocycles. The Morgan fingerprint density at radius 2 is 2.11 bits per heavy atom. The van der Waals surface area contributed by atoms with Crippen molar-refractivity contribution in [2.75, 3.05) is 5.32 Å². The molecule has 1 atom stereocenters. The van der Waals surface area contributed by atoms with Gasteiger partial charge in [-0.2, -0.15) is 0 Å². The highest BCUT2D eigenvalue weighted by Crippen LogP contribution is 2.26. The standard InChI is InChI=1S/C15H17FN2O/c1-3-13(15-6-4-11(16)9-17-15)18-14-7-5-12(19)8-10(14)2/h4-9,13,18-19H,3H2,1-2H3. The Hall–Kier alpha value is -2.10. The topological polar surface area (TPSA) is 45.1 Å². The van der Waals surface area contributed by atoms with Crippen LogP contribution in [0.3, 0.4) is 0 Å². The van der Waals surface area contributed by atoms with Gasteiger partial charge in [0.15, 0.2) is 0 Å². The third-order valence-corrected chi connectivity index (χ3v) is 3.06. The Kier molecular flexibility index (Phi) is 4.00. The summed E-state index contributed by atoms with van der Waals surface area (Å²) in [6.45, 7) is 3.96. The molecule has 4 heteroatoms. The van der Waals surface area contributed by atoms with E-state index in [2.05, 4.69) is 10.3 Å². The molecule has 1 heterocycles. The van der Waals surface area contributed by atoms with Gasteiger partial charge in [-0.1, -0.05) is 6.92 Å². The van der Waals surface area contributed by atoms with E-state index in [1.807, 2.05) is 19.9 Å². The zero-order chi connectivity index (χ0) is 13.8. The molecular weight excluding hydrogens is 243 g/mol. The predicted molar refractivity (Wildman–Crippen MR) is 73.7 cm³/mol. The molecule has 0 saturated heterocycles. The lowest BCUT2D eigenvalue weighted by molar-refractivity contribution is 0.475. The van der Waals surface area contributed by atoms with Crippen LogP contribution in [0.15, 0.2) is 36.5 Å². The molecule has 1 aromatic heterocycles. The van der Waals surface area contributed by atoms with E-state index in [-0.39, 0.29) is 17.6 Å². The summed E-state index contributed by atoms with van der Waals surface area (Å²) in [6, 6.07) is 8.29. The normalized spacial score (nSPS) is 12.2. The number of aromatic nitrogens is 1. The number of hydrogen-bond donors (Lipinski definition) is 2. The molecule has 1 aromatic carbocycles. The molecule has 0 aliphatic rings. The Balaban J connectivity index is 2.21. The summed E-state index contributed by atoms with van der Waals surface area (Å²) in [7, 11) is 0. The minimum absolute atomic E-state index is 0.0174. The highest BCUT2D eigenvalue weighted by atomic mass is 19.1. The van der Waals surface area contributed by atoms with Crippen LogP contribution in [0.1, 0.15) is 30.6 Å². The molecule has 2 N–H and O–H groups in total. The molecule has 19 heavy (non-hydrogen) atoms. The second-order valence-electron chi connectivity index (χ2n) is 4.51. The van der Waals surface area contributed by atoms with E-state index in [9.17, 15) is 9.50 Å². The summed E-state index contributed by atoms with van der Waals surface area (Å²) in [4.78, 5) is 4.11. The first kappa shape index (κ1) is 13.3. The maximum atomic E-state index is 12.9. The number of rotatable bonds is 4. The van der Waals surface area contributed by atoms with Crippen LogP contribution in [0.4, 0.5) is 10.1 Å². The minimum atomic E-state index is -0.334. The summed E-state index contributed by atoms with van der Waals surface area (Å²) in [5.41, 5.74) is 2.70. The van der Waals surface area contributed by atoms with Gasteiger partial charge in [-0.15, -0.1) is 0 Å². The van der Waals surface area contributed by atoms with Gasteiger partial charge in [0.05, 0.1) is 17.9 Å². The number of anilines is 1. The number of phenolic OH excluding ortho intramolecular Hbond substituents is 1. The number of aromatic hydroxyl groups is 1. The van der Waals surface area contributed by atoms with Gasteiger partial charge in [0.1, 0.15) is 11.6 Å². The van der Waals surface area contributed by atoms with E-state index in [4.69, 9.17) is 0 Å². The average Bonchev–Trinajstić information content (AvgIpc) is 2.39. The molecule has 2 rings (SSSR count). The molecule has 2 aromatic rings. The van der Waals surface area contributed by atoms with E-state index >= 15 is 0 Å². The van der Waals surface area contributed by atoms with Gasteiger partial charge in [-0.05, 0) is 49.2 Å². The van der Waals surface area contributed by atoms with Crippen molar-refractivity contribution in [1.82, 2.24) is 4.98 Å². The Morgan fingerprint density at radius 3 is 2.68 bits per heavy atom. The highest BCUT2D eigenvalue weighted by molar-refractivity contribution is 5.54. The number of halogens is 1. The van der Waals surface area contributed by atoms with E-state index in [0.717, 1.165) is 23.4 Å². The molecule has 0 fully saturated rings. The van der Waals surface area contributed by atoms with Crippen molar-refractivity contribution in [2.24, 2.45) is 0 Å². The van der Waals surface area contributed by atoms with Crippen molar-refractivity contribution in [3.63, 3.8) is 0 Å². The molecule has 3 nitrogen and oxygen atoms in total. The molecule has 0 bridgehead atoms. The van der Waals surface area contributed by atoms with E-state index in [1.54, 1.807) is 18.2 Å². The van der Waals surface area contributed by atoms with Gasteiger partial charge in [0.25, 0.3) is 0 Å². The van der Waals surface area contributed by atoms with Crippen molar-refractivity contribution < 1.29 is 9.50 Å².